The first-order chi connectivity index (χ1) is 15.8. The van der Waals surface area contributed by atoms with Gasteiger partial charge in [-0.25, -0.2) is 4.98 Å². The zero-order chi connectivity index (χ0) is 23.2. The summed E-state index contributed by atoms with van der Waals surface area (Å²) in [5, 5.41) is 4.24. The van der Waals surface area contributed by atoms with E-state index in [9.17, 15) is 13.2 Å². The van der Waals surface area contributed by atoms with Crippen LogP contribution in [0.15, 0.2) is 23.1 Å². The third-order valence-corrected chi connectivity index (χ3v) is 9.32. The van der Waals surface area contributed by atoms with Gasteiger partial charge >= 0.3 is 0 Å². The van der Waals surface area contributed by atoms with Crippen molar-refractivity contribution in [3.63, 3.8) is 0 Å². The number of nitrogens with zero attached hydrogens (tertiary/aromatic N) is 6. The summed E-state index contributed by atoms with van der Waals surface area (Å²) >= 11 is 0. The third kappa shape index (κ3) is 4.39. The van der Waals surface area contributed by atoms with Gasteiger partial charge < -0.3 is 10.2 Å². The first kappa shape index (κ1) is 22.7. The van der Waals surface area contributed by atoms with Crippen molar-refractivity contribution in [2.75, 3.05) is 45.6 Å². The van der Waals surface area contributed by atoms with E-state index in [1.165, 1.54) is 0 Å². The van der Waals surface area contributed by atoms with Crippen LogP contribution < -0.4 is 10.9 Å². The van der Waals surface area contributed by atoms with Crippen molar-refractivity contribution in [1.82, 2.24) is 28.0 Å². The van der Waals surface area contributed by atoms with Gasteiger partial charge in [-0.1, -0.05) is 12.8 Å². The number of hydrogen-bond acceptors (Lipinski definition) is 7. The zero-order valence-electron chi connectivity index (χ0n) is 19.4. The second kappa shape index (κ2) is 8.94. The highest BCUT2D eigenvalue weighted by Gasteiger charge is 2.41. The smallest absolute Gasteiger partial charge is 0.282 e. The van der Waals surface area contributed by atoms with Crippen molar-refractivity contribution >= 4 is 27.2 Å². The number of piperidine rings is 1. The minimum atomic E-state index is -3.39. The second-order valence-electron chi connectivity index (χ2n) is 9.71. The standard InChI is InChI=1S/C22H33N7O3S/c1-26(2)19-14-28(15-19)33(31,32)27-11-9-17(10-12-27)24-22-23-13-16-7-8-20(30)29(21(16)25-22)18-5-3-4-6-18/h7-8,13,17-19H,3-6,9-12,14-15H2,1-2H3,(H,23,24,25). The van der Waals surface area contributed by atoms with Crippen molar-refractivity contribution in [2.45, 2.75) is 56.7 Å². The lowest BCUT2D eigenvalue weighted by Crippen LogP contribution is -2.62. The summed E-state index contributed by atoms with van der Waals surface area (Å²) < 4.78 is 30.8. The average Bonchev–Trinajstić information content (AvgIpc) is 3.26. The van der Waals surface area contributed by atoms with E-state index in [-0.39, 0.29) is 17.6 Å². The van der Waals surface area contributed by atoms with E-state index in [1.54, 1.807) is 26.9 Å². The molecule has 2 aromatic heterocycles. The lowest BCUT2D eigenvalue weighted by atomic mass is 10.1. The van der Waals surface area contributed by atoms with Crippen molar-refractivity contribution < 1.29 is 8.42 Å². The molecule has 10 nitrogen and oxygen atoms in total. The first-order valence-electron chi connectivity index (χ1n) is 11.9. The van der Waals surface area contributed by atoms with Crippen LogP contribution in [0.25, 0.3) is 11.0 Å². The molecule has 1 aliphatic carbocycles. The van der Waals surface area contributed by atoms with Crippen LogP contribution in [0.2, 0.25) is 0 Å². The third-order valence-electron chi connectivity index (χ3n) is 7.36. The summed E-state index contributed by atoms with van der Waals surface area (Å²) in [4.78, 5) is 23.8. The lowest BCUT2D eigenvalue weighted by Gasteiger charge is -2.44. The predicted molar refractivity (Wildman–Crippen MR) is 127 cm³/mol. The van der Waals surface area contributed by atoms with Crippen LogP contribution in [-0.4, -0.2) is 88.8 Å². The summed E-state index contributed by atoms with van der Waals surface area (Å²) in [6, 6.07) is 3.98. The van der Waals surface area contributed by atoms with E-state index in [2.05, 4.69) is 15.2 Å². The van der Waals surface area contributed by atoms with Crippen LogP contribution in [0.3, 0.4) is 0 Å². The molecule has 2 aromatic rings. The van der Waals surface area contributed by atoms with Crippen LogP contribution in [-0.2, 0) is 10.2 Å². The number of likely N-dealkylation sites (N-methyl/N-ethyl adjacent to an activating group) is 1. The molecule has 0 aromatic carbocycles. The van der Waals surface area contributed by atoms with Gasteiger partial charge in [0, 0.05) is 62.0 Å². The fourth-order valence-electron chi connectivity index (χ4n) is 5.13. The summed E-state index contributed by atoms with van der Waals surface area (Å²) in [7, 11) is 0.566. The molecule has 0 radical (unpaired) electrons. The average molecular weight is 476 g/mol. The Balaban J connectivity index is 1.25. The Morgan fingerprint density at radius 2 is 1.73 bits per heavy atom. The van der Waals surface area contributed by atoms with Gasteiger partial charge in [0.15, 0.2) is 0 Å². The number of rotatable bonds is 6. The molecule has 2 aliphatic heterocycles. The predicted octanol–water partition coefficient (Wildman–Crippen LogP) is 1.27. The van der Waals surface area contributed by atoms with Gasteiger partial charge in [0.05, 0.1) is 0 Å². The molecule has 0 atom stereocenters. The number of fused-ring (bicyclic) bond motifs is 1. The Bertz CT molecular complexity index is 1160. The molecule has 3 aliphatic rings. The molecule has 4 heterocycles. The van der Waals surface area contributed by atoms with Crippen molar-refractivity contribution in [3.05, 3.63) is 28.7 Å². The molecule has 0 bridgehead atoms. The molecule has 0 unspecified atom stereocenters. The minimum Gasteiger partial charge on any atom is -0.351 e. The van der Waals surface area contributed by atoms with Gasteiger partial charge in [0.1, 0.15) is 5.65 Å². The fourth-order valence-corrected chi connectivity index (χ4v) is 6.85. The highest BCUT2D eigenvalue weighted by atomic mass is 32.2. The van der Waals surface area contributed by atoms with Crippen LogP contribution in [0.4, 0.5) is 5.95 Å². The van der Waals surface area contributed by atoms with Crippen LogP contribution >= 0.6 is 0 Å². The maximum atomic E-state index is 12.9. The van der Waals surface area contributed by atoms with Crippen LogP contribution in [0, 0.1) is 0 Å². The number of hydrogen-bond donors (Lipinski definition) is 1. The highest BCUT2D eigenvalue weighted by Crippen LogP contribution is 2.30. The van der Waals surface area contributed by atoms with Crippen molar-refractivity contribution in [1.29, 1.82) is 0 Å². The molecular formula is C22H33N7O3S. The molecule has 2 saturated heterocycles. The second-order valence-corrected chi connectivity index (χ2v) is 11.6. The summed E-state index contributed by atoms with van der Waals surface area (Å²) in [5.41, 5.74) is 0.667. The monoisotopic (exact) mass is 475 g/mol. The lowest BCUT2D eigenvalue weighted by molar-refractivity contribution is 0.124. The normalized spacial score (nSPS) is 22.3. The maximum Gasteiger partial charge on any atom is 0.282 e. The number of anilines is 1. The van der Waals surface area contributed by atoms with E-state index < -0.39 is 10.2 Å². The molecular weight excluding hydrogens is 442 g/mol. The zero-order valence-corrected chi connectivity index (χ0v) is 20.2. The van der Waals surface area contributed by atoms with Gasteiger partial charge in [0.2, 0.25) is 5.95 Å². The molecule has 33 heavy (non-hydrogen) atoms. The topological polar surface area (TPSA) is 104 Å². The van der Waals surface area contributed by atoms with Crippen molar-refractivity contribution in [3.8, 4) is 0 Å². The van der Waals surface area contributed by atoms with E-state index in [1.807, 2.05) is 18.7 Å². The molecule has 5 rings (SSSR count). The number of nitrogens with one attached hydrogen (secondary N) is 1. The maximum absolute atomic E-state index is 12.9. The molecule has 0 spiro atoms. The Morgan fingerprint density at radius 1 is 1.03 bits per heavy atom. The molecule has 0 amide bonds. The van der Waals surface area contributed by atoms with E-state index in [0.29, 0.717) is 56.7 Å². The Kier molecular flexibility index (Phi) is 6.15. The highest BCUT2D eigenvalue weighted by molar-refractivity contribution is 7.86. The Labute approximate surface area is 194 Å². The first-order valence-corrected chi connectivity index (χ1v) is 13.3. The largest absolute Gasteiger partial charge is 0.351 e. The fraction of sp³-hybridized carbons (Fsp3) is 0.682. The molecule has 1 saturated carbocycles. The SMILES string of the molecule is CN(C)C1CN(S(=O)(=O)N2CCC(Nc3ncc4ccc(=O)n(C5CCCC5)c4n3)CC2)C1. The van der Waals surface area contributed by atoms with E-state index in [0.717, 1.165) is 31.1 Å². The number of pyridine rings is 1. The Hall–Kier alpha value is -2.08. The van der Waals surface area contributed by atoms with Gasteiger partial charge in [-0.3, -0.25) is 9.36 Å². The van der Waals surface area contributed by atoms with Crippen LogP contribution in [0.5, 0.6) is 0 Å². The molecule has 1 N–H and O–H groups in total. The number of aromatic nitrogens is 3. The molecule has 3 fully saturated rings. The molecule has 180 valence electrons. The van der Waals surface area contributed by atoms with Gasteiger partial charge in [0.25, 0.3) is 15.8 Å². The quantitative estimate of drug-likeness (QED) is 0.671. The Morgan fingerprint density at radius 3 is 2.39 bits per heavy atom. The minimum absolute atomic E-state index is 0.0138. The van der Waals surface area contributed by atoms with Gasteiger partial charge in [-0.05, 0) is 45.8 Å². The van der Waals surface area contributed by atoms with Crippen molar-refractivity contribution in [2.24, 2.45) is 0 Å². The molecule has 11 heteroatoms. The summed E-state index contributed by atoms with van der Waals surface area (Å²) in [5.74, 6) is 0.498. The van der Waals surface area contributed by atoms with E-state index >= 15 is 0 Å². The van der Waals surface area contributed by atoms with Crippen LogP contribution in [0.1, 0.15) is 44.6 Å². The summed E-state index contributed by atoms with van der Waals surface area (Å²) in [6.07, 6.45) is 7.43. The van der Waals surface area contributed by atoms with Gasteiger partial charge in [-0.15, -0.1) is 0 Å². The van der Waals surface area contributed by atoms with E-state index in [4.69, 9.17) is 4.98 Å². The van der Waals surface area contributed by atoms with Gasteiger partial charge in [-0.2, -0.15) is 22.0 Å². The summed E-state index contributed by atoms with van der Waals surface area (Å²) in [6.45, 7) is 2.06.